The van der Waals surface area contributed by atoms with Crippen LogP contribution in [-0.2, 0) is 25.9 Å². The van der Waals surface area contributed by atoms with Crippen molar-refractivity contribution in [2.75, 3.05) is 6.61 Å². The Bertz CT molecular complexity index is 1440. The minimum Gasteiger partial charge on any atom is -0.504 e. The number of aryl methyl sites for hydroxylation is 2. The lowest BCUT2D eigenvalue weighted by Crippen LogP contribution is -2.40. The normalized spacial score (nSPS) is 11.4. The van der Waals surface area contributed by atoms with Gasteiger partial charge in [-0.15, -0.1) is 0 Å². The topological polar surface area (TPSA) is 141 Å². The van der Waals surface area contributed by atoms with E-state index in [-0.39, 0.29) is 28.7 Å². The van der Waals surface area contributed by atoms with E-state index < -0.39 is 11.2 Å². The number of phenolic OH excluding ortho intramolecular Hbond substituents is 1. The van der Waals surface area contributed by atoms with Crippen molar-refractivity contribution in [3.63, 3.8) is 0 Å². The molecule has 3 aromatic heterocycles. The fourth-order valence-electron chi connectivity index (χ4n) is 3.83. The van der Waals surface area contributed by atoms with Gasteiger partial charge in [-0.2, -0.15) is 9.97 Å². The van der Waals surface area contributed by atoms with Crippen LogP contribution in [0.25, 0.3) is 11.2 Å². The molecule has 2 N–H and O–H groups in total. The second-order valence-electron chi connectivity index (χ2n) is 8.09. The van der Waals surface area contributed by atoms with Crippen LogP contribution in [0.4, 0.5) is 0 Å². The predicted octanol–water partition coefficient (Wildman–Crippen LogP) is 3.05. The molecule has 1 aromatic carbocycles. The first-order valence-corrected chi connectivity index (χ1v) is 11.9. The highest BCUT2D eigenvalue weighted by Crippen LogP contribution is 2.27. The van der Waals surface area contributed by atoms with Crippen molar-refractivity contribution in [2.24, 2.45) is 0 Å². The van der Waals surface area contributed by atoms with E-state index in [1.54, 1.807) is 18.2 Å². The SMILES string of the molecule is CCCCn1c(=O)n(CCCc2nc(Cc3ccc(O)c(OCC)c3)no2)c(=O)c2[nH]c(Cl)nc21. The van der Waals surface area contributed by atoms with Crippen LogP contribution >= 0.6 is 11.6 Å². The number of aromatic nitrogens is 6. The average molecular weight is 503 g/mol. The zero-order valence-electron chi connectivity index (χ0n) is 19.6. The number of hydrogen-bond donors (Lipinski definition) is 2. The molecule has 4 rings (SSSR count). The number of fused-ring (bicyclic) bond motifs is 1. The van der Waals surface area contributed by atoms with Crippen molar-refractivity contribution >= 4 is 22.8 Å². The van der Waals surface area contributed by atoms with Gasteiger partial charge in [-0.3, -0.25) is 13.9 Å². The third-order valence-corrected chi connectivity index (χ3v) is 5.72. The number of aromatic hydroxyl groups is 1. The maximum absolute atomic E-state index is 13.0. The van der Waals surface area contributed by atoms with Crippen LogP contribution in [0.15, 0.2) is 32.3 Å². The number of aromatic amines is 1. The molecule has 0 aliphatic heterocycles. The summed E-state index contributed by atoms with van der Waals surface area (Å²) in [5.41, 5.74) is 0.483. The van der Waals surface area contributed by atoms with Crippen LogP contribution in [-0.4, -0.2) is 41.0 Å². The second kappa shape index (κ2) is 10.8. The van der Waals surface area contributed by atoms with Gasteiger partial charge in [-0.1, -0.05) is 24.6 Å². The molecule has 4 aromatic rings. The highest BCUT2D eigenvalue weighted by atomic mass is 35.5. The molecule has 0 fully saturated rings. The minimum atomic E-state index is -0.458. The summed E-state index contributed by atoms with van der Waals surface area (Å²) < 4.78 is 13.4. The van der Waals surface area contributed by atoms with E-state index in [0.29, 0.717) is 49.9 Å². The van der Waals surface area contributed by atoms with Crippen molar-refractivity contribution in [2.45, 2.75) is 59.0 Å². The van der Waals surface area contributed by atoms with Crippen LogP contribution < -0.4 is 16.0 Å². The molecule has 3 heterocycles. The fraction of sp³-hybridized carbons (Fsp3) is 0.435. The third kappa shape index (κ3) is 5.40. The number of rotatable bonds is 11. The van der Waals surface area contributed by atoms with Gasteiger partial charge < -0.3 is 19.4 Å². The van der Waals surface area contributed by atoms with Gasteiger partial charge in [0.1, 0.15) is 0 Å². The number of unbranched alkanes of at least 4 members (excludes halogenated alkanes) is 1. The Morgan fingerprint density at radius 2 is 1.94 bits per heavy atom. The van der Waals surface area contributed by atoms with E-state index in [1.165, 1.54) is 9.13 Å². The quantitative estimate of drug-likeness (QED) is 0.298. The lowest BCUT2D eigenvalue weighted by atomic mass is 10.1. The Balaban J connectivity index is 1.46. The van der Waals surface area contributed by atoms with Gasteiger partial charge >= 0.3 is 5.69 Å². The van der Waals surface area contributed by atoms with E-state index in [9.17, 15) is 14.7 Å². The summed E-state index contributed by atoms with van der Waals surface area (Å²) in [6.07, 6.45) is 2.92. The van der Waals surface area contributed by atoms with Crippen LogP contribution in [0, 0.1) is 0 Å². The molecule has 35 heavy (non-hydrogen) atoms. The summed E-state index contributed by atoms with van der Waals surface area (Å²) >= 11 is 5.97. The predicted molar refractivity (Wildman–Crippen MR) is 129 cm³/mol. The zero-order valence-corrected chi connectivity index (χ0v) is 20.3. The van der Waals surface area contributed by atoms with E-state index in [2.05, 4.69) is 20.1 Å². The average Bonchev–Trinajstić information content (AvgIpc) is 3.44. The van der Waals surface area contributed by atoms with Gasteiger partial charge in [-0.05, 0) is 49.1 Å². The molecule has 0 amide bonds. The summed E-state index contributed by atoms with van der Waals surface area (Å²) in [6, 6.07) is 5.07. The molecule has 0 unspecified atom stereocenters. The van der Waals surface area contributed by atoms with Crippen LogP contribution in [0.1, 0.15) is 50.4 Å². The first-order chi connectivity index (χ1) is 16.9. The number of nitrogens with one attached hydrogen (secondary N) is 1. The number of ether oxygens (including phenoxy) is 1. The number of nitrogens with zero attached hydrogens (tertiary/aromatic N) is 5. The lowest BCUT2D eigenvalue weighted by Gasteiger charge is -2.10. The number of hydrogen-bond acceptors (Lipinski definition) is 8. The fourth-order valence-corrected chi connectivity index (χ4v) is 4.00. The van der Waals surface area contributed by atoms with Crippen molar-refractivity contribution in [1.29, 1.82) is 0 Å². The van der Waals surface area contributed by atoms with Gasteiger partial charge in [0.15, 0.2) is 28.5 Å². The van der Waals surface area contributed by atoms with Crippen LogP contribution in [0.2, 0.25) is 5.28 Å². The summed E-state index contributed by atoms with van der Waals surface area (Å²) in [5, 5.41) is 13.9. The van der Waals surface area contributed by atoms with Crippen LogP contribution in [0.3, 0.4) is 0 Å². The Labute approximate surface area is 205 Å². The molecular formula is C23H27ClN6O5. The Morgan fingerprint density at radius 3 is 2.71 bits per heavy atom. The van der Waals surface area contributed by atoms with Gasteiger partial charge in [0.25, 0.3) is 5.56 Å². The van der Waals surface area contributed by atoms with Crippen molar-refractivity contribution in [1.82, 2.24) is 29.2 Å². The van der Waals surface area contributed by atoms with E-state index in [4.69, 9.17) is 20.9 Å². The monoisotopic (exact) mass is 502 g/mol. The number of H-pyrrole nitrogens is 1. The van der Waals surface area contributed by atoms with Crippen molar-refractivity contribution in [3.05, 3.63) is 61.6 Å². The van der Waals surface area contributed by atoms with E-state index >= 15 is 0 Å². The number of benzene rings is 1. The molecule has 0 atom stereocenters. The number of halogens is 1. The van der Waals surface area contributed by atoms with Crippen molar-refractivity contribution in [3.8, 4) is 11.5 Å². The standard InChI is InChI=1S/C23H27ClN6O5/c1-3-5-10-29-20-19(26-22(24)27-20)21(32)30(23(29)33)11-6-7-18-25-17(28-35-18)13-14-8-9-15(31)16(12-14)34-4-2/h8-9,12,31H,3-7,10-11,13H2,1-2H3,(H,26,27). The largest absolute Gasteiger partial charge is 0.504 e. The van der Waals surface area contributed by atoms with Crippen molar-refractivity contribution < 1.29 is 14.4 Å². The van der Waals surface area contributed by atoms with Gasteiger partial charge in [0.2, 0.25) is 11.2 Å². The maximum Gasteiger partial charge on any atom is 0.332 e. The highest BCUT2D eigenvalue weighted by Gasteiger charge is 2.17. The molecule has 0 aliphatic carbocycles. The first-order valence-electron chi connectivity index (χ1n) is 11.6. The van der Waals surface area contributed by atoms with E-state index in [1.807, 2.05) is 13.8 Å². The summed E-state index contributed by atoms with van der Waals surface area (Å²) in [4.78, 5) is 37.2. The smallest absolute Gasteiger partial charge is 0.332 e. The second-order valence-corrected chi connectivity index (χ2v) is 8.45. The van der Waals surface area contributed by atoms with Crippen LogP contribution in [0.5, 0.6) is 11.5 Å². The van der Waals surface area contributed by atoms with Gasteiger partial charge in [0, 0.05) is 25.9 Å². The summed E-state index contributed by atoms with van der Waals surface area (Å²) in [6.45, 7) is 4.94. The number of imidazole rings is 1. The Morgan fingerprint density at radius 1 is 1.14 bits per heavy atom. The Hall–Kier alpha value is -3.60. The molecule has 0 saturated carbocycles. The number of phenols is 1. The Kier molecular flexibility index (Phi) is 7.54. The highest BCUT2D eigenvalue weighted by molar-refractivity contribution is 6.28. The molecule has 12 heteroatoms. The molecule has 0 bridgehead atoms. The third-order valence-electron chi connectivity index (χ3n) is 5.54. The molecule has 11 nitrogen and oxygen atoms in total. The molecule has 0 aliphatic rings. The maximum atomic E-state index is 13.0. The summed E-state index contributed by atoms with van der Waals surface area (Å²) in [5.74, 6) is 1.37. The van der Waals surface area contributed by atoms with Gasteiger partial charge in [0.05, 0.1) is 6.61 Å². The molecule has 186 valence electrons. The molecule has 0 spiro atoms. The summed E-state index contributed by atoms with van der Waals surface area (Å²) in [7, 11) is 0. The first kappa shape index (κ1) is 24.5. The van der Waals surface area contributed by atoms with E-state index in [0.717, 1.165) is 18.4 Å². The van der Waals surface area contributed by atoms with Gasteiger partial charge in [-0.25, -0.2) is 4.79 Å². The minimum absolute atomic E-state index is 0.0693. The molecule has 0 radical (unpaired) electrons. The zero-order chi connectivity index (χ0) is 24.9. The molecule has 0 saturated heterocycles. The molecular weight excluding hydrogens is 476 g/mol. The lowest BCUT2D eigenvalue weighted by molar-refractivity contribution is 0.318.